The molecular formula is C18H22N2O2S. The van der Waals surface area contributed by atoms with Crippen LogP contribution in [0.3, 0.4) is 0 Å². The van der Waals surface area contributed by atoms with Crippen molar-refractivity contribution in [1.82, 2.24) is 4.90 Å². The Morgan fingerprint density at radius 3 is 3.00 bits per heavy atom. The van der Waals surface area contributed by atoms with Gasteiger partial charge in [0, 0.05) is 36.7 Å². The number of hydrogen-bond acceptors (Lipinski definition) is 3. The number of urea groups is 1. The van der Waals surface area contributed by atoms with E-state index in [-0.39, 0.29) is 6.03 Å². The predicted octanol–water partition coefficient (Wildman–Crippen LogP) is 4.22. The lowest BCUT2D eigenvalue weighted by Gasteiger charge is -2.21. The van der Waals surface area contributed by atoms with Crippen molar-refractivity contribution in [2.24, 2.45) is 5.92 Å². The number of rotatable bonds is 4. The Bertz CT molecular complexity index is 677. The first-order chi connectivity index (χ1) is 11.1. The lowest BCUT2D eigenvalue weighted by atomic mass is 10.1. The molecule has 1 unspecified atom stereocenters. The van der Waals surface area contributed by atoms with Crippen LogP contribution in [0.5, 0.6) is 0 Å². The van der Waals surface area contributed by atoms with Gasteiger partial charge in [-0.25, -0.2) is 4.79 Å². The summed E-state index contributed by atoms with van der Waals surface area (Å²) >= 11 is 1.72. The molecule has 0 radical (unpaired) electrons. The second kappa shape index (κ2) is 7.15. The summed E-state index contributed by atoms with van der Waals surface area (Å²) in [7, 11) is 1.83. The van der Waals surface area contributed by atoms with Gasteiger partial charge < -0.3 is 15.0 Å². The quantitative estimate of drug-likeness (QED) is 0.912. The number of aryl methyl sites for hydroxylation is 1. The number of anilines is 1. The van der Waals surface area contributed by atoms with Crippen LogP contribution in [0.2, 0.25) is 0 Å². The number of amides is 2. The summed E-state index contributed by atoms with van der Waals surface area (Å²) in [5.74, 6) is 0.450. The van der Waals surface area contributed by atoms with Crippen molar-refractivity contribution in [1.29, 1.82) is 0 Å². The number of carbonyl (C=O) groups excluding carboxylic acids is 1. The first-order valence-electron chi connectivity index (χ1n) is 7.88. The van der Waals surface area contributed by atoms with Crippen molar-refractivity contribution in [2.45, 2.75) is 13.3 Å². The Balaban J connectivity index is 1.65. The molecule has 4 nitrogen and oxygen atoms in total. The molecule has 2 aromatic rings. The van der Waals surface area contributed by atoms with Crippen molar-refractivity contribution in [3.63, 3.8) is 0 Å². The molecule has 1 aliphatic heterocycles. The summed E-state index contributed by atoms with van der Waals surface area (Å²) in [6.45, 7) is 4.40. The van der Waals surface area contributed by atoms with E-state index in [0.29, 0.717) is 5.92 Å². The average Bonchev–Trinajstić information content (AvgIpc) is 3.19. The Morgan fingerprint density at radius 1 is 1.43 bits per heavy atom. The van der Waals surface area contributed by atoms with Crippen molar-refractivity contribution < 1.29 is 9.53 Å². The fourth-order valence-corrected chi connectivity index (χ4v) is 3.75. The molecule has 2 amide bonds. The van der Waals surface area contributed by atoms with Crippen LogP contribution < -0.4 is 5.32 Å². The smallest absolute Gasteiger partial charge is 0.321 e. The SMILES string of the molecule is Cc1ccsc1-c1cccc(NC(=O)N(C)CC2CCOC2)c1. The zero-order valence-corrected chi connectivity index (χ0v) is 14.4. The van der Waals surface area contributed by atoms with Gasteiger partial charge in [-0.3, -0.25) is 0 Å². The average molecular weight is 330 g/mol. The normalized spacial score (nSPS) is 17.2. The van der Waals surface area contributed by atoms with E-state index in [9.17, 15) is 4.79 Å². The lowest BCUT2D eigenvalue weighted by Crippen LogP contribution is -2.35. The number of benzene rings is 1. The van der Waals surface area contributed by atoms with Crippen molar-refractivity contribution in [2.75, 3.05) is 32.1 Å². The number of carbonyl (C=O) groups is 1. The molecule has 122 valence electrons. The van der Waals surface area contributed by atoms with E-state index >= 15 is 0 Å². The van der Waals surface area contributed by atoms with Crippen molar-refractivity contribution in [3.05, 3.63) is 41.3 Å². The zero-order chi connectivity index (χ0) is 16.2. The number of thiophene rings is 1. The van der Waals surface area contributed by atoms with Gasteiger partial charge in [0.2, 0.25) is 0 Å². The molecule has 0 saturated carbocycles. The van der Waals surface area contributed by atoms with Gasteiger partial charge in [0.15, 0.2) is 0 Å². The molecule has 1 atom stereocenters. The Morgan fingerprint density at radius 2 is 2.30 bits per heavy atom. The van der Waals surface area contributed by atoms with Gasteiger partial charge >= 0.3 is 6.03 Å². The van der Waals surface area contributed by atoms with Crippen LogP contribution in [-0.2, 0) is 4.74 Å². The molecule has 1 fully saturated rings. The van der Waals surface area contributed by atoms with Crippen LogP contribution in [0.15, 0.2) is 35.7 Å². The van der Waals surface area contributed by atoms with Crippen LogP contribution in [-0.4, -0.2) is 37.7 Å². The zero-order valence-electron chi connectivity index (χ0n) is 13.5. The van der Waals surface area contributed by atoms with E-state index in [4.69, 9.17) is 4.74 Å². The predicted molar refractivity (Wildman–Crippen MR) is 95.1 cm³/mol. The highest BCUT2D eigenvalue weighted by atomic mass is 32.1. The molecule has 1 aliphatic rings. The van der Waals surface area contributed by atoms with E-state index in [2.05, 4.69) is 29.8 Å². The van der Waals surface area contributed by atoms with Gasteiger partial charge in [0.05, 0.1) is 6.61 Å². The Labute approximate surface area is 141 Å². The molecule has 1 aromatic carbocycles. The van der Waals surface area contributed by atoms with Gasteiger partial charge in [-0.15, -0.1) is 11.3 Å². The standard InChI is InChI=1S/C18H22N2O2S/c1-13-7-9-23-17(13)15-4-3-5-16(10-15)19-18(21)20(2)11-14-6-8-22-12-14/h3-5,7,9-10,14H,6,8,11-12H2,1-2H3,(H,19,21). The van der Waals surface area contributed by atoms with Crippen LogP contribution in [0, 0.1) is 12.8 Å². The summed E-state index contributed by atoms with van der Waals surface area (Å²) in [4.78, 5) is 15.3. The highest BCUT2D eigenvalue weighted by Crippen LogP contribution is 2.30. The third kappa shape index (κ3) is 3.92. The maximum absolute atomic E-state index is 12.3. The van der Waals surface area contributed by atoms with E-state index in [1.165, 1.54) is 10.4 Å². The highest BCUT2D eigenvalue weighted by molar-refractivity contribution is 7.13. The number of nitrogens with one attached hydrogen (secondary N) is 1. The minimum atomic E-state index is -0.0723. The molecule has 0 bridgehead atoms. The molecule has 0 aliphatic carbocycles. The van der Waals surface area contributed by atoms with Crippen LogP contribution in [0.25, 0.3) is 10.4 Å². The Hall–Kier alpha value is -1.85. The third-order valence-electron chi connectivity index (χ3n) is 4.14. The van der Waals surface area contributed by atoms with Gasteiger partial charge in [0.1, 0.15) is 0 Å². The van der Waals surface area contributed by atoms with E-state index < -0.39 is 0 Å². The molecule has 23 heavy (non-hydrogen) atoms. The van der Waals surface area contributed by atoms with Gasteiger partial charge in [-0.1, -0.05) is 12.1 Å². The molecule has 2 heterocycles. The minimum absolute atomic E-state index is 0.0723. The monoisotopic (exact) mass is 330 g/mol. The second-order valence-corrected chi connectivity index (χ2v) is 6.97. The summed E-state index contributed by atoms with van der Waals surface area (Å²) < 4.78 is 5.37. The van der Waals surface area contributed by atoms with E-state index in [0.717, 1.165) is 37.4 Å². The van der Waals surface area contributed by atoms with Crippen LogP contribution in [0.1, 0.15) is 12.0 Å². The Kier molecular flexibility index (Phi) is 4.98. The van der Waals surface area contributed by atoms with E-state index in [1.54, 1.807) is 16.2 Å². The topological polar surface area (TPSA) is 41.6 Å². The molecule has 1 aromatic heterocycles. The lowest BCUT2D eigenvalue weighted by molar-refractivity contribution is 0.175. The van der Waals surface area contributed by atoms with Gasteiger partial charge in [-0.2, -0.15) is 0 Å². The maximum atomic E-state index is 12.3. The number of ether oxygens (including phenoxy) is 1. The second-order valence-electron chi connectivity index (χ2n) is 6.05. The van der Waals surface area contributed by atoms with Gasteiger partial charge in [0.25, 0.3) is 0 Å². The highest BCUT2D eigenvalue weighted by Gasteiger charge is 2.20. The van der Waals surface area contributed by atoms with Crippen molar-refractivity contribution >= 4 is 23.1 Å². The number of nitrogens with zero attached hydrogens (tertiary/aromatic N) is 1. The summed E-state index contributed by atoms with van der Waals surface area (Å²) in [6, 6.07) is 10.1. The van der Waals surface area contributed by atoms with Crippen molar-refractivity contribution in [3.8, 4) is 10.4 Å². The van der Waals surface area contributed by atoms with Crippen LogP contribution in [0.4, 0.5) is 10.5 Å². The molecular weight excluding hydrogens is 308 g/mol. The largest absolute Gasteiger partial charge is 0.381 e. The summed E-state index contributed by atoms with van der Waals surface area (Å²) in [5.41, 5.74) is 3.23. The number of hydrogen-bond donors (Lipinski definition) is 1. The first-order valence-corrected chi connectivity index (χ1v) is 8.76. The fraction of sp³-hybridized carbons (Fsp3) is 0.389. The van der Waals surface area contributed by atoms with E-state index in [1.807, 2.05) is 25.2 Å². The molecule has 3 rings (SSSR count). The maximum Gasteiger partial charge on any atom is 0.321 e. The fourth-order valence-electron chi connectivity index (χ4n) is 2.82. The third-order valence-corrected chi connectivity index (χ3v) is 5.21. The first kappa shape index (κ1) is 16.0. The van der Waals surface area contributed by atoms with Gasteiger partial charge in [-0.05, 0) is 48.1 Å². The molecule has 1 N–H and O–H groups in total. The molecule has 1 saturated heterocycles. The van der Waals surface area contributed by atoms with Crippen LogP contribution >= 0.6 is 11.3 Å². The minimum Gasteiger partial charge on any atom is -0.381 e. The molecule has 5 heteroatoms. The summed E-state index contributed by atoms with van der Waals surface area (Å²) in [6.07, 6.45) is 1.03. The summed E-state index contributed by atoms with van der Waals surface area (Å²) in [5, 5.41) is 5.08. The molecule has 0 spiro atoms.